The standard InChI is InChI=1S/C22H19ClF3N3O3/c1-28(13-20-31-10-11-32-20)21(30)15-8-6-14(7-9-15)18-12-19(22(24,25)26)27-29(18)17-5-3-2-4-16(17)23/h2-9,12,20H,10-11,13H2,1H3. The van der Waals surface area contributed by atoms with E-state index in [0.717, 1.165) is 10.7 Å². The third-order valence-electron chi connectivity index (χ3n) is 4.97. The number of carbonyl (C=O) groups is 1. The van der Waals surface area contributed by atoms with Crippen molar-refractivity contribution >= 4 is 17.5 Å². The number of carbonyl (C=O) groups excluding carboxylic acids is 1. The fourth-order valence-corrected chi connectivity index (χ4v) is 3.57. The lowest BCUT2D eigenvalue weighted by Crippen LogP contribution is -2.34. The number of ether oxygens (including phenoxy) is 2. The van der Waals surface area contributed by atoms with E-state index < -0.39 is 18.2 Å². The molecule has 0 saturated carbocycles. The highest BCUT2D eigenvalue weighted by Crippen LogP contribution is 2.34. The molecule has 168 valence electrons. The van der Waals surface area contributed by atoms with Crippen LogP contribution in [-0.4, -0.2) is 53.7 Å². The molecule has 1 aliphatic rings. The van der Waals surface area contributed by atoms with Gasteiger partial charge in [0.25, 0.3) is 5.91 Å². The zero-order valence-corrected chi connectivity index (χ0v) is 17.7. The molecular formula is C22H19ClF3N3O3. The topological polar surface area (TPSA) is 56.6 Å². The van der Waals surface area contributed by atoms with E-state index in [9.17, 15) is 18.0 Å². The molecule has 6 nitrogen and oxygen atoms in total. The summed E-state index contributed by atoms with van der Waals surface area (Å²) in [6.07, 6.45) is -5.08. The lowest BCUT2D eigenvalue weighted by Gasteiger charge is -2.20. The molecule has 1 amide bonds. The summed E-state index contributed by atoms with van der Waals surface area (Å²) in [6.45, 7) is 1.25. The highest BCUT2D eigenvalue weighted by Gasteiger charge is 2.35. The summed E-state index contributed by atoms with van der Waals surface area (Å²) in [5.41, 5.74) is 0.314. The van der Waals surface area contributed by atoms with E-state index in [1.165, 1.54) is 4.90 Å². The van der Waals surface area contributed by atoms with Crippen LogP contribution < -0.4 is 0 Å². The van der Waals surface area contributed by atoms with Gasteiger partial charge in [0.05, 0.1) is 36.2 Å². The van der Waals surface area contributed by atoms with Gasteiger partial charge in [-0.15, -0.1) is 0 Å². The van der Waals surface area contributed by atoms with Gasteiger partial charge in [-0.25, -0.2) is 4.68 Å². The number of hydrogen-bond acceptors (Lipinski definition) is 4. The number of rotatable bonds is 5. The van der Waals surface area contributed by atoms with Crippen molar-refractivity contribution < 1.29 is 27.4 Å². The van der Waals surface area contributed by atoms with E-state index in [1.807, 2.05) is 0 Å². The minimum absolute atomic E-state index is 0.200. The lowest BCUT2D eigenvalue weighted by atomic mass is 10.1. The minimum atomic E-state index is -4.62. The average Bonchev–Trinajstić information content (AvgIpc) is 3.43. The molecule has 3 aromatic rings. The number of likely N-dealkylation sites (N-methyl/N-ethyl adjacent to an activating group) is 1. The molecule has 10 heteroatoms. The Morgan fingerprint density at radius 2 is 1.81 bits per heavy atom. The van der Waals surface area contributed by atoms with Crippen LogP contribution in [0, 0.1) is 0 Å². The van der Waals surface area contributed by atoms with E-state index in [4.69, 9.17) is 21.1 Å². The van der Waals surface area contributed by atoms with Crippen molar-refractivity contribution in [3.8, 4) is 16.9 Å². The molecular weight excluding hydrogens is 447 g/mol. The molecule has 0 aliphatic carbocycles. The van der Waals surface area contributed by atoms with Crippen molar-refractivity contribution in [2.45, 2.75) is 12.5 Å². The quantitative estimate of drug-likeness (QED) is 0.550. The maximum absolute atomic E-state index is 13.4. The fourth-order valence-electron chi connectivity index (χ4n) is 3.36. The third-order valence-corrected chi connectivity index (χ3v) is 5.29. The molecule has 4 rings (SSSR count). The lowest BCUT2D eigenvalue weighted by molar-refractivity contribution is -0.141. The highest BCUT2D eigenvalue weighted by atomic mass is 35.5. The first kappa shape index (κ1) is 22.3. The summed E-state index contributed by atoms with van der Waals surface area (Å²) in [5.74, 6) is -0.258. The number of halogens is 4. The highest BCUT2D eigenvalue weighted by molar-refractivity contribution is 6.32. The number of nitrogens with zero attached hydrogens (tertiary/aromatic N) is 3. The van der Waals surface area contributed by atoms with Crippen LogP contribution >= 0.6 is 11.6 Å². The van der Waals surface area contributed by atoms with Crippen molar-refractivity contribution in [2.24, 2.45) is 0 Å². The molecule has 0 N–H and O–H groups in total. The molecule has 1 aliphatic heterocycles. The number of aromatic nitrogens is 2. The molecule has 0 radical (unpaired) electrons. The molecule has 1 fully saturated rings. The van der Waals surface area contributed by atoms with Gasteiger partial charge in [0.15, 0.2) is 12.0 Å². The Morgan fingerprint density at radius 1 is 1.16 bits per heavy atom. The van der Waals surface area contributed by atoms with Crippen LogP contribution in [0.1, 0.15) is 16.1 Å². The molecule has 0 bridgehead atoms. The van der Waals surface area contributed by atoms with E-state index >= 15 is 0 Å². The van der Waals surface area contributed by atoms with Crippen molar-refractivity contribution in [2.75, 3.05) is 26.8 Å². The smallest absolute Gasteiger partial charge is 0.348 e. The summed E-state index contributed by atoms with van der Waals surface area (Å²) in [7, 11) is 1.63. The van der Waals surface area contributed by atoms with Crippen molar-refractivity contribution in [3.63, 3.8) is 0 Å². The van der Waals surface area contributed by atoms with Gasteiger partial charge >= 0.3 is 6.18 Å². The Hall–Kier alpha value is -2.88. The summed E-state index contributed by atoms with van der Waals surface area (Å²) < 4.78 is 51.9. The number of amides is 1. The predicted octanol–water partition coefficient (Wildman–Crippen LogP) is 4.66. The van der Waals surface area contributed by atoms with Gasteiger partial charge in [0.2, 0.25) is 0 Å². The van der Waals surface area contributed by atoms with Gasteiger partial charge in [-0.05, 0) is 30.3 Å². The van der Waals surface area contributed by atoms with E-state index in [-0.39, 0.29) is 23.2 Å². The van der Waals surface area contributed by atoms with Gasteiger partial charge in [-0.3, -0.25) is 4.79 Å². The molecule has 0 atom stereocenters. The molecule has 0 spiro atoms. The minimum Gasteiger partial charge on any atom is -0.348 e. The first-order chi connectivity index (χ1) is 15.2. The summed E-state index contributed by atoms with van der Waals surface area (Å²) in [4.78, 5) is 14.2. The fraction of sp³-hybridized carbons (Fsp3) is 0.273. The number of hydrogen-bond donors (Lipinski definition) is 0. The maximum atomic E-state index is 13.4. The van der Waals surface area contributed by atoms with Gasteiger partial charge in [0.1, 0.15) is 0 Å². The SMILES string of the molecule is CN(CC1OCCO1)C(=O)c1ccc(-c2cc(C(F)(F)F)nn2-c2ccccc2Cl)cc1. The second-order valence-electron chi connectivity index (χ2n) is 7.21. The third kappa shape index (κ3) is 4.64. The van der Waals surface area contributed by atoms with Crippen LogP contribution in [-0.2, 0) is 15.7 Å². The number of para-hydroxylation sites is 1. The summed E-state index contributed by atoms with van der Waals surface area (Å²) >= 11 is 6.20. The van der Waals surface area contributed by atoms with Crippen molar-refractivity contribution in [3.05, 3.63) is 70.9 Å². The second-order valence-corrected chi connectivity index (χ2v) is 7.62. The van der Waals surface area contributed by atoms with E-state index in [0.29, 0.717) is 30.0 Å². The van der Waals surface area contributed by atoms with Gasteiger partial charge in [-0.1, -0.05) is 35.9 Å². The van der Waals surface area contributed by atoms with E-state index in [1.54, 1.807) is 55.6 Å². The number of alkyl halides is 3. The van der Waals surface area contributed by atoms with Crippen molar-refractivity contribution in [1.82, 2.24) is 14.7 Å². The Bertz CT molecular complexity index is 1110. The molecule has 2 aromatic carbocycles. The van der Waals surface area contributed by atoms with Crippen LogP contribution in [0.25, 0.3) is 16.9 Å². The van der Waals surface area contributed by atoms with Crippen LogP contribution in [0.4, 0.5) is 13.2 Å². The second kappa shape index (κ2) is 8.93. The van der Waals surface area contributed by atoms with Crippen LogP contribution in [0.2, 0.25) is 5.02 Å². The average molecular weight is 466 g/mol. The summed E-state index contributed by atoms with van der Waals surface area (Å²) in [6, 6.07) is 13.7. The first-order valence-corrected chi connectivity index (χ1v) is 10.1. The van der Waals surface area contributed by atoms with Crippen LogP contribution in [0.3, 0.4) is 0 Å². The Kier molecular flexibility index (Phi) is 6.23. The van der Waals surface area contributed by atoms with Crippen LogP contribution in [0.15, 0.2) is 54.6 Å². The van der Waals surface area contributed by atoms with Crippen LogP contribution in [0.5, 0.6) is 0 Å². The summed E-state index contributed by atoms with van der Waals surface area (Å²) in [5, 5.41) is 4.00. The van der Waals surface area contributed by atoms with E-state index in [2.05, 4.69) is 5.10 Å². The normalized spacial score (nSPS) is 14.7. The zero-order chi connectivity index (χ0) is 22.9. The molecule has 32 heavy (non-hydrogen) atoms. The van der Waals surface area contributed by atoms with Gasteiger partial charge in [0, 0.05) is 18.2 Å². The maximum Gasteiger partial charge on any atom is 0.435 e. The molecule has 2 heterocycles. The molecule has 0 unspecified atom stereocenters. The Balaban J connectivity index is 1.64. The predicted molar refractivity (Wildman–Crippen MR) is 112 cm³/mol. The molecule has 1 saturated heterocycles. The Labute approximate surface area is 187 Å². The first-order valence-electron chi connectivity index (χ1n) is 9.75. The monoisotopic (exact) mass is 465 g/mol. The zero-order valence-electron chi connectivity index (χ0n) is 17.0. The Morgan fingerprint density at radius 3 is 2.44 bits per heavy atom. The van der Waals surface area contributed by atoms with Crippen molar-refractivity contribution in [1.29, 1.82) is 0 Å². The van der Waals surface area contributed by atoms with Gasteiger partial charge < -0.3 is 14.4 Å². The number of benzene rings is 2. The van der Waals surface area contributed by atoms with Gasteiger partial charge in [-0.2, -0.15) is 18.3 Å². The largest absolute Gasteiger partial charge is 0.435 e. The molecule has 1 aromatic heterocycles.